The van der Waals surface area contributed by atoms with Crippen molar-refractivity contribution in [1.82, 2.24) is 0 Å². The Morgan fingerprint density at radius 2 is 1.06 bits per heavy atom. The molecule has 0 amide bonds. The van der Waals surface area contributed by atoms with Gasteiger partial charge in [0.25, 0.3) is 0 Å². The number of carbonyl (C=O) groups is 2. The first-order valence-electron chi connectivity index (χ1n) is 15.2. The molecule has 0 aliphatic heterocycles. The quantitative estimate of drug-likeness (QED) is 0.0845. The van der Waals surface area contributed by atoms with Crippen LogP contribution in [0.15, 0.2) is 12.2 Å². The van der Waals surface area contributed by atoms with Gasteiger partial charge in [-0.05, 0) is 25.7 Å². The molecular weight excluding hydrogens is 436 g/mol. The Kier molecular flexibility index (Phi) is 18.9. The van der Waals surface area contributed by atoms with E-state index in [2.05, 4.69) is 6.92 Å². The summed E-state index contributed by atoms with van der Waals surface area (Å²) in [7, 11) is 0. The number of hydrogen-bond donors (Lipinski definition) is 2. The lowest BCUT2D eigenvalue weighted by molar-refractivity contribution is -0.170. The van der Waals surface area contributed by atoms with Gasteiger partial charge in [0.15, 0.2) is 5.41 Å². The molecule has 1 rings (SSSR count). The van der Waals surface area contributed by atoms with Crippen LogP contribution in [0.5, 0.6) is 0 Å². The van der Waals surface area contributed by atoms with E-state index >= 15 is 0 Å². The van der Waals surface area contributed by atoms with Gasteiger partial charge in [-0.1, -0.05) is 147 Å². The van der Waals surface area contributed by atoms with Gasteiger partial charge in [0.1, 0.15) is 0 Å². The summed E-state index contributed by atoms with van der Waals surface area (Å²) in [6.45, 7) is 2.28. The Balaban J connectivity index is 1.91. The van der Waals surface area contributed by atoms with Crippen LogP contribution in [0, 0.1) is 11.3 Å². The van der Waals surface area contributed by atoms with Crippen molar-refractivity contribution in [2.24, 2.45) is 11.3 Å². The normalized spacial score (nSPS) is 17.7. The summed E-state index contributed by atoms with van der Waals surface area (Å²) < 4.78 is 0. The van der Waals surface area contributed by atoms with Crippen LogP contribution in [0.2, 0.25) is 0 Å². The average molecular weight is 493 g/mol. The monoisotopic (exact) mass is 492 g/mol. The number of aliphatic carboxylic acids is 2. The molecule has 2 N–H and O–H groups in total. The second-order valence-corrected chi connectivity index (χ2v) is 11.0. The number of carboxylic acids is 2. The van der Waals surface area contributed by atoms with Gasteiger partial charge in [-0.25, -0.2) is 0 Å². The minimum atomic E-state index is -1.62. The molecule has 1 aliphatic carbocycles. The lowest BCUT2D eigenvalue weighted by Crippen LogP contribution is -2.47. The minimum Gasteiger partial charge on any atom is -0.480 e. The van der Waals surface area contributed by atoms with Crippen molar-refractivity contribution in [2.75, 3.05) is 0 Å². The summed E-state index contributed by atoms with van der Waals surface area (Å²) in [4.78, 5) is 23.5. The lowest BCUT2D eigenvalue weighted by Gasteiger charge is -2.35. The van der Waals surface area contributed by atoms with Gasteiger partial charge >= 0.3 is 11.9 Å². The summed E-state index contributed by atoms with van der Waals surface area (Å²) in [5, 5.41) is 19.2. The van der Waals surface area contributed by atoms with Gasteiger partial charge in [-0.2, -0.15) is 0 Å². The molecule has 35 heavy (non-hydrogen) atoms. The average Bonchev–Trinajstić information content (AvgIpc) is 2.84. The molecule has 0 aromatic heterocycles. The van der Waals surface area contributed by atoms with E-state index in [4.69, 9.17) is 0 Å². The molecule has 1 aliphatic rings. The highest BCUT2D eigenvalue weighted by atomic mass is 16.4. The highest BCUT2D eigenvalue weighted by Crippen LogP contribution is 2.43. The molecule has 1 fully saturated rings. The molecule has 0 aromatic rings. The zero-order valence-corrected chi connectivity index (χ0v) is 22.9. The summed E-state index contributed by atoms with van der Waals surface area (Å²) in [6, 6.07) is 0. The van der Waals surface area contributed by atoms with Crippen molar-refractivity contribution >= 4 is 11.9 Å². The largest absolute Gasteiger partial charge is 0.480 e. The van der Waals surface area contributed by atoms with Crippen LogP contribution in [0.1, 0.15) is 161 Å². The third-order valence-corrected chi connectivity index (χ3v) is 8.08. The zero-order chi connectivity index (χ0) is 25.6. The van der Waals surface area contributed by atoms with Crippen molar-refractivity contribution in [3.05, 3.63) is 12.2 Å². The first-order valence-corrected chi connectivity index (χ1v) is 15.2. The lowest BCUT2D eigenvalue weighted by atomic mass is 9.66. The van der Waals surface area contributed by atoms with Crippen molar-refractivity contribution < 1.29 is 19.8 Å². The van der Waals surface area contributed by atoms with E-state index in [0.717, 1.165) is 19.3 Å². The topological polar surface area (TPSA) is 74.6 Å². The zero-order valence-electron chi connectivity index (χ0n) is 22.9. The maximum atomic E-state index is 11.7. The van der Waals surface area contributed by atoms with Crippen molar-refractivity contribution in [3.63, 3.8) is 0 Å². The Morgan fingerprint density at radius 1 is 0.657 bits per heavy atom. The molecular formula is C31H56O4. The van der Waals surface area contributed by atoms with E-state index in [-0.39, 0.29) is 12.3 Å². The molecule has 0 heterocycles. The highest BCUT2D eigenvalue weighted by Gasteiger charge is 2.52. The molecule has 1 unspecified atom stereocenters. The van der Waals surface area contributed by atoms with Crippen molar-refractivity contribution in [2.45, 2.75) is 161 Å². The Bertz CT molecular complexity index is 554. The highest BCUT2D eigenvalue weighted by molar-refractivity contribution is 5.99. The van der Waals surface area contributed by atoms with Crippen LogP contribution in [0.4, 0.5) is 0 Å². The number of carboxylic acid groups (broad SMARTS) is 2. The van der Waals surface area contributed by atoms with E-state index in [1.54, 1.807) is 0 Å². The van der Waals surface area contributed by atoms with E-state index in [1.165, 1.54) is 116 Å². The second-order valence-electron chi connectivity index (χ2n) is 11.0. The maximum Gasteiger partial charge on any atom is 0.321 e. The van der Waals surface area contributed by atoms with Gasteiger partial charge in [-0.15, -0.1) is 0 Å². The number of unbranched alkanes of at least 4 members (excludes halogenated alkanes) is 19. The molecule has 0 radical (unpaired) electrons. The number of allylic oxidation sites excluding steroid dienone is 2. The summed E-state index contributed by atoms with van der Waals surface area (Å²) >= 11 is 0. The number of rotatable bonds is 23. The summed E-state index contributed by atoms with van der Waals surface area (Å²) in [5.74, 6) is -2.74. The fourth-order valence-electron chi connectivity index (χ4n) is 5.68. The molecule has 0 saturated heterocycles. The third kappa shape index (κ3) is 13.5. The van der Waals surface area contributed by atoms with E-state index in [0.29, 0.717) is 12.8 Å². The molecule has 4 nitrogen and oxygen atoms in total. The van der Waals surface area contributed by atoms with Gasteiger partial charge in [0.2, 0.25) is 0 Å². The third-order valence-electron chi connectivity index (χ3n) is 8.08. The molecule has 0 spiro atoms. The summed E-state index contributed by atoms with van der Waals surface area (Å²) in [6.07, 6.45) is 33.4. The first-order chi connectivity index (χ1) is 17.1. The Morgan fingerprint density at radius 3 is 1.46 bits per heavy atom. The van der Waals surface area contributed by atoms with Gasteiger partial charge in [0.05, 0.1) is 0 Å². The van der Waals surface area contributed by atoms with Crippen LogP contribution in [-0.2, 0) is 9.59 Å². The van der Waals surface area contributed by atoms with Crippen LogP contribution >= 0.6 is 0 Å². The molecule has 0 bridgehead atoms. The standard InChI is InChI=1S/C31H56O4/c1-2-3-4-5-6-7-8-9-10-11-12-13-14-15-16-17-18-19-20-21-22-25-28-26-23-24-27-31(28,29(32)33)30(34)35/h22,25,28H,2-21,23-24,26-27H2,1H3,(H,32,33)(H,34,35)/b25-22+. The molecule has 204 valence electrons. The van der Waals surface area contributed by atoms with E-state index < -0.39 is 17.4 Å². The van der Waals surface area contributed by atoms with E-state index in [1.807, 2.05) is 12.2 Å². The van der Waals surface area contributed by atoms with Gasteiger partial charge in [-0.3, -0.25) is 9.59 Å². The Hall–Kier alpha value is -1.32. The predicted octanol–water partition coefficient (Wildman–Crippen LogP) is 9.71. The van der Waals surface area contributed by atoms with Crippen LogP contribution in [-0.4, -0.2) is 22.2 Å². The van der Waals surface area contributed by atoms with Crippen molar-refractivity contribution in [1.29, 1.82) is 0 Å². The Labute approximate surface area is 216 Å². The molecule has 1 atom stereocenters. The SMILES string of the molecule is CCCCCCCCCCCCCCCCCCCCC/C=C/C1CCCCC1(C(=O)O)C(=O)O. The van der Waals surface area contributed by atoms with Crippen LogP contribution in [0.3, 0.4) is 0 Å². The maximum absolute atomic E-state index is 11.7. The number of hydrogen-bond acceptors (Lipinski definition) is 2. The second kappa shape index (κ2) is 20.8. The van der Waals surface area contributed by atoms with Gasteiger partial charge in [0, 0.05) is 5.92 Å². The fourth-order valence-corrected chi connectivity index (χ4v) is 5.68. The molecule has 1 saturated carbocycles. The van der Waals surface area contributed by atoms with Crippen LogP contribution in [0.25, 0.3) is 0 Å². The van der Waals surface area contributed by atoms with E-state index in [9.17, 15) is 19.8 Å². The van der Waals surface area contributed by atoms with Crippen LogP contribution < -0.4 is 0 Å². The first kappa shape index (κ1) is 31.7. The molecule has 4 heteroatoms. The van der Waals surface area contributed by atoms with Gasteiger partial charge < -0.3 is 10.2 Å². The van der Waals surface area contributed by atoms with Crippen molar-refractivity contribution in [3.8, 4) is 0 Å². The summed E-state index contributed by atoms with van der Waals surface area (Å²) in [5.41, 5.74) is -1.62. The molecule has 0 aromatic carbocycles. The predicted molar refractivity (Wildman–Crippen MR) is 147 cm³/mol. The minimum absolute atomic E-state index is 0.242. The fraction of sp³-hybridized carbons (Fsp3) is 0.871. The smallest absolute Gasteiger partial charge is 0.321 e.